The molecule has 0 aromatic heterocycles. The molecule has 2 aromatic rings. The molecule has 1 aliphatic heterocycles. The van der Waals surface area contributed by atoms with Gasteiger partial charge in [-0.25, -0.2) is 4.79 Å². The first-order valence-electron chi connectivity index (χ1n) is 11.3. The van der Waals surface area contributed by atoms with Crippen LogP contribution in [0, 0.1) is 13.8 Å². The Morgan fingerprint density at radius 2 is 1.71 bits per heavy atom. The van der Waals surface area contributed by atoms with Crippen LogP contribution in [0.25, 0.3) is 0 Å². The average molecular weight is 495 g/mol. The quantitative estimate of drug-likeness (QED) is 0.519. The fourth-order valence-corrected chi connectivity index (χ4v) is 3.96. The number of hydrogen-bond acceptors (Lipinski definition) is 5. The summed E-state index contributed by atoms with van der Waals surface area (Å²) in [5.41, 5.74) is 2.69. The third kappa shape index (κ3) is 5.63. The summed E-state index contributed by atoms with van der Waals surface area (Å²) in [6.45, 7) is 6.15. The second kappa shape index (κ2) is 10.5. The van der Waals surface area contributed by atoms with Crippen LogP contribution in [-0.2, 0) is 4.74 Å². The normalized spacial score (nSPS) is 15.5. The second-order valence-electron chi connectivity index (χ2n) is 8.24. The first-order valence-corrected chi connectivity index (χ1v) is 11.3. The number of halogens is 3. The number of hydrogen-bond donors (Lipinski definition) is 0. The number of benzene rings is 2. The minimum Gasteiger partial charge on any atom is -0.497 e. The molecule has 35 heavy (non-hydrogen) atoms. The molecule has 0 N–H and O–H groups in total. The maximum Gasteiger partial charge on any atom is 0.422 e. The molecule has 0 aliphatic carbocycles. The molecular formula is C25H29F3N2O5. The van der Waals surface area contributed by atoms with Crippen LogP contribution in [0.5, 0.6) is 11.5 Å². The first-order chi connectivity index (χ1) is 16.5. The number of rotatable bonds is 6. The molecule has 0 bridgehead atoms. The van der Waals surface area contributed by atoms with Gasteiger partial charge in [0.05, 0.1) is 36.7 Å². The Balaban J connectivity index is 2.12. The highest BCUT2D eigenvalue weighted by atomic mass is 19.4. The standard InChI is InChI=1S/C25H29F3N2O5/c1-6-17-13-29(20-10-15(3)16(4)11-21(20)30(17)24(32)34-7-2)23(31)19-12-18(33-5)8-9-22(19)35-14-25(26,27)28/h8-12,17H,6-7,13-14H2,1-5H3. The molecule has 0 saturated carbocycles. The lowest BCUT2D eigenvalue weighted by molar-refractivity contribution is -0.153. The predicted molar refractivity (Wildman–Crippen MR) is 126 cm³/mol. The molecule has 1 aliphatic rings. The summed E-state index contributed by atoms with van der Waals surface area (Å²) in [5.74, 6) is -0.475. The monoisotopic (exact) mass is 494 g/mol. The summed E-state index contributed by atoms with van der Waals surface area (Å²) < 4.78 is 54.0. The van der Waals surface area contributed by atoms with E-state index in [1.54, 1.807) is 17.9 Å². The Kier molecular flexibility index (Phi) is 7.82. The fraction of sp³-hybridized carbons (Fsp3) is 0.440. The smallest absolute Gasteiger partial charge is 0.422 e. The molecule has 0 saturated heterocycles. The van der Waals surface area contributed by atoms with Crippen LogP contribution in [0.1, 0.15) is 41.8 Å². The molecule has 7 nitrogen and oxygen atoms in total. The zero-order valence-corrected chi connectivity index (χ0v) is 20.4. The summed E-state index contributed by atoms with van der Waals surface area (Å²) in [5, 5.41) is 0. The second-order valence-corrected chi connectivity index (χ2v) is 8.24. The van der Waals surface area contributed by atoms with E-state index < -0.39 is 30.8 Å². The van der Waals surface area contributed by atoms with Crippen LogP contribution < -0.4 is 19.3 Å². The van der Waals surface area contributed by atoms with Crippen molar-refractivity contribution in [2.24, 2.45) is 0 Å². The number of ether oxygens (including phenoxy) is 3. The Bertz CT molecular complexity index is 1100. The molecule has 3 rings (SSSR count). The molecule has 0 radical (unpaired) electrons. The lowest BCUT2D eigenvalue weighted by Crippen LogP contribution is -2.53. The molecule has 1 heterocycles. The Morgan fingerprint density at radius 3 is 2.29 bits per heavy atom. The van der Waals surface area contributed by atoms with E-state index in [1.807, 2.05) is 26.8 Å². The van der Waals surface area contributed by atoms with Gasteiger partial charge in [-0.05, 0) is 68.7 Å². The van der Waals surface area contributed by atoms with Crippen molar-refractivity contribution in [3.63, 3.8) is 0 Å². The number of aryl methyl sites for hydroxylation is 2. The highest BCUT2D eigenvalue weighted by molar-refractivity contribution is 6.12. The molecular weight excluding hydrogens is 465 g/mol. The van der Waals surface area contributed by atoms with Gasteiger partial charge < -0.3 is 19.1 Å². The van der Waals surface area contributed by atoms with Crippen LogP contribution in [-0.4, -0.2) is 51.1 Å². The number of carbonyl (C=O) groups is 2. The molecule has 1 atom stereocenters. The van der Waals surface area contributed by atoms with Gasteiger partial charge in [0, 0.05) is 6.54 Å². The lowest BCUT2D eigenvalue weighted by Gasteiger charge is -2.42. The van der Waals surface area contributed by atoms with E-state index in [9.17, 15) is 22.8 Å². The summed E-state index contributed by atoms with van der Waals surface area (Å²) in [6.07, 6.45) is -4.57. The first kappa shape index (κ1) is 26.2. The van der Waals surface area contributed by atoms with E-state index in [4.69, 9.17) is 14.2 Å². The van der Waals surface area contributed by atoms with E-state index in [0.717, 1.165) is 11.1 Å². The highest BCUT2D eigenvalue weighted by Gasteiger charge is 2.39. The number of methoxy groups -OCH3 is 1. The van der Waals surface area contributed by atoms with Gasteiger partial charge in [0.15, 0.2) is 6.61 Å². The molecule has 1 unspecified atom stereocenters. The van der Waals surface area contributed by atoms with Crippen LogP contribution in [0.2, 0.25) is 0 Å². The lowest BCUT2D eigenvalue weighted by atomic mass is 9.99. The Labute approximate surface area is 202 Å². The fourth-order valence-electron chi connectivity index (χ4n) is 3.96. The Hall–Kier alpha value is -3.43. The van der Waals surface area contributed by atoms with Gasteiger partial charge in [0.1, 0.15) is 11.5 Å². The van der Waals surface area contributed by atoms with Gasteiger partial charge in [-0.1, -0.05) is 6.92 Å². The van der Waals surface area contributed by atoms with Crippen molar-refractivity contribution in [3.05, 3.63) is 47.0 Å². The molecule has 2 aromatic carbocycles. The number of carbonyl (C=O) groups excluding carboxylic acids is 2. The van der Waals surface area contributed by atoms with Gasteiger partial charge in [-0.15, -0.1) is 0 Å². The van der Waals surface area contributed by atoms with Gasteiger partial charge in [0.2, 0.25) is 0 Å². The van der Waals surface area contributed by atoms with E-state index in [-0.39, 0.29) is 24.5 Å². The van der Waals surface area contributed by atoms with Gasteiger partial charge in [0.25, 0.3) is 5.91 Å². The molecule has 0 fully saturated rings. The van der Waals surface area contributed by atoms with Crippen LogP contribution >= 0.6 is 0 Å². The van der Waals surface area contributed by atoms with Crippen LogP contribution in [0.4, 0.5) is 29.3 Å². The van der Waals surface area contributed by atoms with Crippen molar-refractivity contribution < 1.29 is 37.0 Å². The van der Waals surface area contributed by atoms with Crippen molar-refractivity contribution in [2.45, 2.75) is 46.3 Å². The van der Waals surface area contributed by atoms with E-state index >= 15 is 0 Å². The minimum atomic E-state index is -4.57. The third-order valence-electron chi connectivity index (χ3n) is 5.89. The number of amides is 2. The van der Waals surface area contributed by atoms with E-state index in [0.29, 0.717) is 23.5 Å². The number of fused-ring (bicyclic) bond motifs is 1. The summed E-state index contributed by atoms with van der Waals surface area (Å²) in [4.78, 5) is 29.7. The summed E-state index contributed by atoms with van der Waals surface area (Å²) >= 11 is 0. The number of nitrogens with zero attached hydrogens (tertiary/aromatic N) is 2. The molecule has 0 spiro atoms. The van der Waals surface area contributed by atoms with Crippen molar-refractivity contribution in [1.82, 2.24) is 0 Å². The zero-order chi connectivity index (χ0) is 25.9. The maximum absolute atomic E-state index is 13.8. The van der Waals surface area contributed by atoms with E-state index in [1.165, 1.54) is 30.2 Å². The summed E-state index contributed by atoms with van der Waals surface area (Å²) in [7, 11) is 1.40. The molecule has 2 amide bonds. The van der Waals surface area contributed by atoms with Gasteiger partial charge >= 0.3 is 12.3 Å². The maximum atomic E-state index is 13.8. The molecule has 10 heteroatoms. The minimum absolute atomic E-state index is 0.0720. The largest absolute Gasteiger partial charge is 0.497 e. The third-order valence-corrected chi connectivity index (χ3v) is 5.89. The zero-order valence-electron chi connectivity index (χ0n) is 20.4. The highest BCUT2D eigenvalue weighted by Crippen LogP contribution is 2.40. The topological polar surface area (TPSA) is 68.3 Å². The van der Waals surface area contributed by atoms with E-state index in [2.05, 4.69) is 0 Å². The van der Waals surface area contributed by atoms with Gasteiger partial charge in [-0.2, -0.15) is 13.2 Å². The number of alkyl halides is 3. The Morgan fingerprint density at radius 1 is 1.06 bits per heavy atom. The van der Waals surface area contributed by atoms with Crippen LogP contribution in [0.3, 0.4) is 0 Å². The van der Waals surface area contributed by atoms with Crippen molar-refractivity contribution in [3.8, 4) is 11.5 Å². The van der Waals surface area contributed by atoms with Crippen LogP contribution in [0.15, 0.2) is 30.3 Å². The summed E-state index contributed by atoms with van der Waals surface area (Å²) in [6, 6.07) is 7.27. The van der Waals surface area contributed by atoms with Crippen molar-refractivity contribution >= 4 is 23.4 Å². The SMILES string of the molecule is CCOC(=O)N1c2cc(C)c(C)cc2N(C(=O)c2cc(OC)ccc2OCC(F)(F)F)CC1CC. The van der Waals surface area contributed by atoms with Gasteiger partial charge in [-0.3, -0.25) is 9.69 Å². The average Bonchev–Trinajstić information content (AvgIpc) is 2.81. The molecule has 190 valence electrons. The number of anilines is 2. The predicted octanol–water partition coefficient (Wildman–Crippen LogP) is 5.66. The van der Waals surface area contributed by atoms with Crippen molar-refractivity contribution in [2.75, 3.05) is 36.7 Å². The van der Waals surface area contributed by atoms with Crippen molar-refractivity contribution in [1.29, 1.82) is 0 Å².